The standard InChI is InChI=1S/C29H34ClN3O5S/c1-5-27(29(35)31-21(2)3)32(19-22-14-16-23(30)17-15-22)28(34)20-33(24-10-9-11-25(18-24)38-4)39(36,37)26-12-7-6-8-13-26/h6-18,21,27H,5,19-20H2,1-4H3,(H,31,35)/t27-/m0/s1. The Balaban J connectivity index is 2.06. The Morgan fingerprint density at radius 3 is 2.23 bits per heavy atom. The van der Waals surface area contributed by atoms with E-state index < -0.39 is 28.5 Å². The van der Waals surface area contributed by atoms with Crippen LogP contribution in [0.4, 0.5) is 5.69 Å². The fourth-order valence-electron chi connectivity index (χ4n) is 4.10. The highest BCUT2D eigenvalue weighted by atomic mass is 35.5. The van der Waals surface area contributed by atoms with Gasteiger partial charge in [0.05, 0.1) is 17.7 Å². The van der Waals surface area contributed by atoms with Crippen LogP contribution in [0, 0.1) is 0 Å². The van der Waals surface area contributed by atoms with E-state index in [4.69, 9.17) is 16.3 Å². The fraction of sp³-hybridized carbons (Fsp3) is 0.310. The van der Waals surface area contributed by atoms with Crippen molar-refractivity contribution < 1.29 is 22.7 Å². The van der Waals surface area contributed by atoms with Crippen LogP contribution in [0.25, 0.3) is 0 Å². The first-order valence-electron chi connectivity index (χ1n) is 12.6. The molecule has 3 aromatic rings. The van der Waals surface area contributed by atoms with Crippen LogP contribution >= 0.6 is 11.6 Å². The van der Waals surface area contributed by atoms with Gasteiger partial charge in [-0.1, -0.05) is 54.9 Å². The summed E-state index contributed by atoms with van der Waals surface area (Å²) in [7, 11) is -2.67. The van der Waals surface area contributed by atoms with Crippen molar-refractivity contribution in [3.8, 4) is 5.75 Å². The van der Waals surface area contributed by atoms with Gasteiger partial charge in [-0.15, -0.1) is 0 Å². The minimum absolute atomic E-state index is 0.0365. The van der Waals surface area contributed by atoms with E-state index in [1.165, 1.54) is 24.1 Å². The molecule has 0 aliphatic heterocycles. The van der Waals surface area contributed by atoms with Gasteiger partial charge in [-0.2, -0.15) is 0 Å². The van der Waals surface area contributed by atoms with Gasteiger partial charge in [0, 0.05) is 23.7 Å². The molecule has 0 aliphatic carbocycles. The van der Waals surface area contributed by atoms with E-state index in [0.717, 1.165) is 9.87 Å². The van der Waals surface area contributed by atoms with Crippen molar-refractivity contribution in [1.29, 1.82) is 0 Å². The second-order valence-corrected chi connectivity index (χ2v) is 11.6. The SMILES string of the molecule is CC[C@@H](C(=O)NC(C)C)N(Cc1ccc(Cl)cc1)C(=O)CN(c1cccc(OC)c1)S(=O)(=O)c1ccccc1. The summed E-state index contributed by atoms with van der Waals surface area (Å²) >= 11 is 6.05. The van der Waals surface area contributed by atoms with Crippen molar-refractivity contribution in [2.45, 2.75) is 50.7 Å². The third-order valence-electron chi connectivity index (χ3n) is 6.03. The van der Waals surface area contributed by atoms with E-state index in [1.54, 1.807) is 66.7 Å². The molecule has 0 saturated carbocycles. The van der Waals surface area contributed by atoms with Crippen LogP contribution in [-0.4, -0.2) is 50.9 Å². The zero-order chi connectivity index (χ0) is 28.6. The Bertz CT molecular complexity index is 1370. The number of carbonyl (C=O) groups is 2. The molecule has 3 aromatic carbocycles. The lowest BCUT2D eigenvalue weighted by Gasteiger charge is -2.33. The number of hydrogen-bond acceptors (Lipinski definition) is 5. The van der Waals surface area contributed by atoms with E-state index in [9.17, 15) is 18.0 Å². The molecule has 0 bridgehead atoms. The number of benzene rings is 3. The van der Waals surface area contributed by atoms with Crippen LogP contribution in [0.5, 0.6) is 5.75 Å². The molecule has 3 rings (SSSR count). The highest BCUT2D eigenvalue weighted by molar-refractivity contribution is 7.92. The summed E-state index contributed by atoms with van der Waals surface area (Å²) in [6.07, 6.45) is 0.336. The van der Waals surface area contributed by atoms with E-state index in [1.807, 2.05) is 20.8 Å². The summed E-state index contributed by atoms with van der Waals surface area (Å²) in [6, 6.07) is 20.4. The van der Waals surface area contributed by atoms with Crippen LogP contribution < -0.4 is 14.4 Å². The molecule has 2 amide bonds. The van der Waals surface area contributed by atoms with Gasteiger partial charge in [0.2, 0.25) is 11.8 Å². The number of nitrogens with zero attached hydrogens (tertiary/aromatic N) is 2. The van der Waals surface area contributed by atoms with E-state index in [2.05, 4.69) is 5.32 Å². The van der Waals surface area contributed by atoms with Gasteiger partial charge in [-0.3, -0.25) is 13.9 Å². The normalized spacial score (nSPS) is 12.1. The van der Waals surface area contributed by atoms with Gasteiger partial charge in [-0.25, -0.2) is 8.42 Å². The molecule has 1 N–H and O–H groups in total. The van der Waals surface area contributed by atoms with Crippen LogP contribution in [-0.2, 0) is 26.2 Å². The quantitative estimate of drug-likeness (QED) is 0.334. The van der Waals surface area contributed by atoms with Gasteiger partial charge in [0.25, 0.3) is 10.0 Å². The van der Waals surface area contributed by atoms with Gasteiger partial charge < -0.3 is 15.0 Å². The molecular weight excluding hydrogens is 538 g/mol. The second-order valence-electron chi connectivity index (χ2n) is 9.26. The Morgan fingerprint density at radius 2 is 1.64 bits per heavy atom. The maximum absolute atomic E-state index is 14.0. The predicted molar refractivity (Wildman–Crippen MR) is 153 cm³/mol. The number of rotatable bonds is 12. The Hall–Kier alpha value is -3.56. The molecule has 8 nitrogen and oxygen atoms in total. The second kappa shape index (κ2) is 13.5. The van der Waals surface area contributed by atoms with E-state index >= 15 is 0 Å². The van der Waals surface area contributed by atoms with Crippen molar-refractivity contribution in [2.75, 3.05) is 18.0 Å². The number of anilines is 1. The average molecular weight is 572 g/mol. The highest BCUT2D eigenvalue weighted by Crippen LogP contribution is 2.28. The van der Waals surface area contributed by atoms with E-state index in [0.29, 0.717) is 17.2 Å². The smallest absolute Gasteiger partial charge is 0.264 e. The predicted octanol–water partition coefficient (Wildman–Crippen LogP) is 4.88. The van der Waals surface area contributed by atoms with Gasteiger partial charge in [0.15, 0.2) is 0 Å². The lowest BCUT2D eigenvalue weighted by atomic mass is 10.1. The Labute approximate surface area is 235 Å². The molecule has 39 heavy (non-hydrogen) atoms. The van der Waals surface area contributed by atoms with Crippen molar-refractivity contribution in [1.82, 2.24) is 10.2 Å². The fourth-order valence-corrected chi connectivity index (χ4v) is 5.65. The first-order valence-corrected chi connectivity index (χ1v) is 14.4. The van der Waals surface area contributed by atoms with Gasteiger partial charge in [0.1, 0.15) is 18.3 Å². The maximum Gasteiger partial charge on any atom is 0.264 e. The van der Waals surface area contributed by atoms with Crippen LogP contribution in [0.3, 0.4) is 0 Å². The Kier molecular flexibility index (Phi) is 10.4. The molecule has 10 heteroatoms. The van der Waals surface area contributed by atoms with E-state index in [-0.39, 0.29) is 29.1 Å². The van der Waals surface area contributed by atoms with Crippen LogP contribution in [0.2, 0.25) is 5.02 Å². The maximum atomic E-state index is 14.0. The van der Waals surface area contributed by atoms with Crippen molar-refractivity contribution >= 4 is 39.1 Å². The lowest BCUT2D eigenvalue weighted by molar-refractivity contribution is -0.140. The summed E-state index contributed by atoms with van der Waals surface area (Å²) in [6.45, 7) is 5.06. The van der Waals surface area contributed by atoms with Gasteiger partial charge in [-0.05, 0) is 62.2 Å². The van der Waals surface area contributed by atoms with Crippen LogP contribution in [0.1, 0.15) is 32.8 Å². The molecule has 0 unspecified atom stereocenters. The number of methoxy groups -OCH3 is 1. The first-order chi connectivity index (χ1) is 18.6. The highest BCUT2D eigenvalue weighted by Gasteiger charge is 2.34. The molecular formula is C29H34ClN3O5S. The van der Waals surface area contributed by atoms with Crippen molar-refractivity contribution in [2.24, 2.45) is 0 Å². The number of ether oxygens (including phenoxy) is 1. The average Bonchev–Trinajstić information content (AvgIpc) is 2.92. The largest absolute Gasteiger partial charge is 0.497 e. The molecule has 0 saturated heterocycles. The summed E-state index contributed by atoms with van der Waals surface area (Å²) in [4.78, 5) is 28.6. The minimum atomic E-state index is -4.15. The third-order valence-corrected chi connectivity index (χ3v) is 8.07. The number of hydrogen-bond donors (Lipinski definition) is 1. The number of carbonyl (C=O) groups excluding carboxylic acids is 2. The summed E-state index contributed by atoms with van der Waals surface area (Å²) in [5.74, 6) is -0.402. The summed E-state index contributed by atoms with van der Waals surface area (Å²) in [5, 5.41) is 3.42. The monoisotopic (exact) mass is 571 g/mol. The lowest BCUT2D eigenvalue weighted by Crippen LogP contribution is -2.53. The van der Waals surface area contributed by atoms with Gasteiger partial charge >= 0.3 is 0 Å². The minimum Gasteiger partial charge on any atom is -0.497 e. The van der Waals surface area contributed by atoms with Crippen LogP contribution in [0.15, 0.2) is 83.8 Å². The molecule has 0 fully saturated rings. The Morgan fingerprint density at radius 1 is 0.974 bits per heavy atom. The van der Waals surface area contributed by atoms with Crippen molar-refractivity contribution in [3.63, 3.8) is 0 Å². The zero-order valence-electron chi connectivity index (χ0n) is 22.5. The van der Waals surface area contributed by atoms with Crippen molar-refractivity contribution in [3.05, 3.63) is 89.4 Å². The molecule has 0 spiro atoms. The molecule has 0 aromatic heterocycles. The number of sulfonamides is 1. The number of halogens is 1. The summed E-state index contributed by atoms with van der Waals surface area (Å²) < 4.78 is 34.0. The molecule has 0 radical (unpaired) electrons. The zero-order valence-corrected chi connectivity index (χ0v) is 24.1. The molecule has 208 valence electrons. The third kappa shape index (κ3) is 7.74. The number of amides is 2. The number of nitrogens with one attached hydrogen (secondary N) is 1. The molecule has 1 atom stereocenters. The molecule has 0 heterocycles. The summed E-state index contributed by atoms with van der Waals surface area (Å²) in [5.41, 5.74) is 1.01. The topological polar surface area (TPSA) is 96.0 Å². The molecule has 0 aliphatic rings. The first kappa shape index (κ1) is 30.0.